The normalized spacial score (nSPS) is 17.6. The molecule has 0 aromatic carbocycles. The van der Waals surface area contributed by atoms with E-state index in [9.17, 15) is 4.79 Å². The number of hydrogen-bond acceptors (Lipinski definition) is 3. The quantitative estimate of drug-likeness (QED) is 0.603. The summed E-state index contributed by atoms with van der Waals surface area (Å²) < 4.78 is 0. The average molecular weight is 242 g/mol. The van der Waals surface area contributed by atoms with E-state index in [1.165, 1.54) is 6.42 Å². The van der Waals surface area contributed by atoms with E-state index >= 15 is 0 Å². The molecule has 1 unspecified atom stereocenters. The Kier molecular flexibility index (Phi) is 6.29. The van der Waals surface area contributed by atoms with E-state index in [0.29, 0.717) is 6.04 Å². The van der Waals surface area contributed by atoms with E-state index in [1.54, 1.807) is 0 Å². The van der Waals surface area contributed by atoms with Crippen molar-refractivity contribution in [3.8, 4) is 0 Å². The molecule has 5 nitrogen and oxygen atoms in total. The molecule has 17 heavy (non-hydrogen) atoms. The highest BCUT2D eigenvalue weighted by Gasteiger charge is 2.17. The summed E-state index contributed by atoms with van der Waals surface area (Å²) in [7, 11) is 2.16. The van der Waals surface area contributed by atoms with Gasteiger partial charge in [0.15, 0.2) is 0 Å². The van der Waals surface area contributed by atoms with Crippen LogP contribution in [0.25, 0.3) is 0 Å². The van der Waals surface area contributed by atoms with E-state index in [0.717, 1.165) is 39.3 Å². The molecule has 2 amide bonds. The molecule has 1 aliphatic rings. The van der Waals surface area contributed by atoms with Crippen LogP contribution in [0.2, 0.25) is 0 Å². The lowest BCUT2D eigenvalue weighted by Gasteiger charge is -2.23. The Morgan fingerprint density at radius 3 is 2.88 bits per heavy atom. The second-order valence-electron chi connectivity index (χ2n) is 4.71. The van der Waals surface area contributed by atoms with Gasteiger partial charge in [0, 0.05) is 45.3 Å². The number of nitrogens with one attached hydrogen (secondary N) is 2. The molecule has 2 N–H and O–H groups in total. The van der Waals surface area contributed by atoms with Gasteiger partial charge in [-0.2, -0.15) is 0 Å². The second kappa shape index (κ2) is 7.50. The zero-order chi connectivity index (χ0) is 12.7. The second-order valence-corrected chi connectivity index (χ2v) is 4.71. The highest BCUT2D eigenvalue weighted by molar-refractivity contribution is 5.76. The van der Waals surface area contributed by atoms with Gasteiger partial charge < -0.3 is 20.4 Å². The van der Waals surface area contributed by atoms with Crippen molar-refractivity contribution >= 4 is 6.03 Å². The van der Waals surface area contributed by atoms with Crippen molar-refractivity contribution in [3.63, 3.8) is 0 Å². The van der Waals surface area contributed by atoms with Crippen LogP contribution < -0.4 is 10.6 Å². The molecule has 1 fully saturated rings. The first-order valence-corrected chi connectivity index (χ1v) is 6.59. The third-order valence-corrected chi connectivity index (χ3v) is 3.49. The maximum Gasteiger partial charge on any atom is 0.317 e. The molecule has 100 valence electrons. The fraction of sp³-hybridized carbons (Fsp3) is 0.917. The molecule has 0 bridgehead atoms. The molecule has 1 heterocycles. The number of carbonyl (C=O) groups excluding carboxylic acids is 1. The number of rotatable bonds is 8. The van der Waals surface area contributed by atoms with Crippen molar-refractivity contribution in [1.29, 1.82) is 0 Å². The largest absolute Gasteiger partial charge is 0.336 e. The summed E-state index contributed by atoms with van der Waals surface area (Å²) >= 11 is 0. The molecule has 1 atom stereocenters. The van der Waals surface area contributed by atoms with Crippen LogP contribution in [0.4, 0.5) is 4.79 Å². The molecule has 1 rings (SSSR count). The third kappa shape index (κ3) is 4.91. The Bertz CT molecular complexity index is 235. The number of amides is 2. The van der Waals surface area contributed by atoms with Gasteiger partial charge in [-0.1, -0.05) is 6.92 Å². The minimum absolute atomic E-state index is 0.0727. The van der Waals surface area contributed by atoms with Crippen LogP contribution in [-0.4, -0.2) is 68.2 Å². The van der Waals surface area contributed by atoms with E-state index in [1.807, 2.05) is 4.90 Å². The van der Waals surface area contributed by atoms with Crippen LogP contribution in [0.3, 0.4) is 0 Å². The van der Waals surface area contributed by atoms with Crippen LogP contribution in [0.1, 0.15) is 20.3 Å². The summed E-state index contributed by atoms with van der Waals surface area (Å²) in [6, 6.07) is 0.713. The number of hydrogen-bond donors (Lipinski definition) is 2. The molecule has 0 aromatic rings. The molecular formula is C12H26N4O. The number of likely N-dealkylation sites (N-methyl/N-ethyl adjacent to an activating group) is 1. The molecule has 0 aliphatic carbocycles. The summed E-state index contributed by atoms with van der Waals surface area (Å²) in [4.78, 5) is 15.5. The highest BCUT2D eigenvalue weighted by atomic mass is 16.2. The van der Waals surface area contributed by atoms with Gasteiger partial charge in [0.2, 0.25) is 0 Å². The SMILES string of the molecule is CCC(C)N(C)CCNCCN1CCNC1=O. The highest BCUT2D eigenvalue weighted by Crippen LogP contribution is 1.98. The lowest BCUT2D eigenvalue weighted by Crippen LogP contribution is -2.38. The van der Waals surface area contributed by atoms with Gasteiger partial charge >= 0.3 is 6.03 Å². The topological polar surface area (TPSA) is 47.6 Å². The third-order valence-electron chi connectivity index (χ3n) is 3.49. The van der Waals surface area contributed by atoms with Gasteiger partial charge in [-0.3, -0.25) is 0 Å². The Morgan fingerprint density at radius 1 is 1.53 bits per heavy atom. The molecule has 1 saturated heterocycles. The summed E-state index contributed by atoms with van der Waals surface area (Å²) in [5, 5.41) is 6.18. The predicted molar refractivity (Wildman–Crippen MR) is 70.2 cm³/mol. The van der Waals surface area contributed by atoms with Crippen LogP contribution in [0, 0.1) is 0 Å². The summed E-state index contributed by atoms with van der Waals surface area (Å²) in [5.74, 6) is 0. The lowest BCUT2D eigenvalue weighted by molar-refractivity contribution is 0.216. The summed E-state index contributed by atoms with van der Waals surface area (Å²) in [5.41, 5.74) is 0. The van der Waals surface area contributed by atoms with Gasteiger partial charge in [0.25, 0.3) is 0 Å². The number of urea groups is 1. The van der Waals surface area contributed by atoms with Crippen molar-refractivity contribution in [2.24, 2.45) is 0 Å². The minimum atomic E-state index is 0.0727. The van der Waals surface area contributed by atoms with Gasteiger partial charge in [-0.05, 0) is 20.4 Å². The Hall–Kier alpha value is -0.810. The first-order valence-electron chi connectivity index (χ1n) is 6.59. The summed E-state index contributed by atoms with van der Waals surface area (Å²) in [6.45, 7) is 9.80. The first kappa shape index (κ1) is 14.3. The Morgan fingerprint density at radius 2 is 2.29 bits per heavy atom. The van der Waals surface area contributed by atoms with Crippen molar-refractivity contribution < 1.29 is 4.79 Å². The molecule has 5 heteroatoms. The van der Waals surface area contributed by atoms with Gasteiger partial charge in [0.1, 0.15) is 0 Å². The standard InChI is InChI=1S/C12H26N4O/c1-4-11(2)15(3)8-5-13-6-9-16-10-7-14-12(16)17/h11,13H,4-10H2,1-3H3,(H,14,17). The van der Waals surface area contributed by atoms with E-state index in [-0.39, 0.29) is 6.03 Å². The van der Waals surface area contributed by atoms with Gasteiger partial charge in [-0.25, -0.2) is 4.79 Å². The molecule has 1 aliphatic heterocycles. The smallest absolute Gasteiger partial charge is 0.317 e. The van der Waals surface area contributed by atoms with Crippen LogP contribution >= 0.6 is 0 Å². The van der Waals surface area contributed by atoms with Crippen molar-refractivity contribution in [2.45, 2.75) is 26.3 Å². The fourth-order valence-corrected chi connectivity index (χ4v) is 1.85. The summed E-state index contributed by atoms with van der Waals surface area (Å²) in [6.07, 6.45) is 1.18. The van der Waals surface area contributed by atoms with Crippen molar-refractivity contribution in [3.05, 3.63) is 0 Å². The van der Waals surface area contributed by atoms with Gasteiger partial charge in [-0.15, -0.1) is 0 Å². The maximum absolute atomic E-state index is 11.3. The molecule has 0 radical (unpaired) electrons. The Balaban J connectivity index is 1.99. The maximum atomic E-state index is 11.3. The zero-order valence-electron chi connectivity index (χ0n) is 11.3. The lowest BCUT2D eigenvalue weighted by atomic mass is 10.2. The Labute approximate surface area is 105 Å². The van der Waals surface area contributed by atoms with Crippen molar-refractivity contribution in [1.82, 2.24) is 20.4 Å². The number of carbonyl (C=O) groups is 1. The molecule has 0 spiro atoms. The average Bonchev–Trinajstić information content (AvgIpc) is 2.73. The van der Waals surface area contributed by atoms with Crippen LogP contribution in [0.5, 0.6) is 0 Å². The predicted octanol–water partition coefficient (Wildman–Crippen LogP) is 0.332. The van der Waals surface area contributed by atoms with E-state index in [2.05, 4.69) is 36.4 Å². The van der Waals surface area contributed by atoms with E-state index in [4.69, 9.17) is 0 Å². The van der Waals surface area contributed by atoms with Gasteiger partial charge in [0.05, 0.1) is 0 Å². The van der Waals surface area contributed by atoms with Crippen molar-refractivity contribution in [2.75, 3.05) is 46.3 Å². The monoisotopic (exact) mass is 242 g/mol. The zero-order valence-corrected chi connectivity index (χ0v) is 11.3. The van der Waals surface area contributed by atoms with Crippen LogP contribution in [-0.2, 0) is 0 Å². The van der Waals surface area contributed by atoms with E-state index < -0.39 is 0 Å². The van der Waals surface area contributed by atoms with Crippen LogP contribution in [0.15, 0.2) is 0 Å². The molecule has 0 aromatic heterocycles. The number of nitrogens with zero attached hydrogens (tertiary/aromatic N) is 2. The molecule has 0 saturated carbocycles. The fourth-order valence-electron chi connectivity index (χ4n) is 1.85. The minimum Gasteiger partial charge on any atom is -0.336 e. The first-order chi connectivity index (χ1) is 8.15. The molecular weight excluding hydrogens is 216 g/mol.